The van der Waals surface area contributed by atoms with Gasteiger partial charge in [0.25, 0.3) is 0 Å². The Hall–Kier alpha value is -0.750. The van der Waals surface area contributed by atoms with E-state index in [0.717, 1.165) is 32.0 Å². The summed E-state index contributed by atoms with van der Waals surface area (Å²) in [7, 11) is 0. The second-order valence-corrected chi connectivity index (χ2v) is 5.51. The molecule has 1 aliphatic rings. The van der Waals surface area contributed by atoms with E-state index < -0.39 is 0 Å². The molecule has 3 N–H and O–H groups in total. The number of anilines is 2. The highest BCUT2D eigenvalue weighted by molar-refractivity contribution is 6.37. The van der Waals surface area contributed by atoms with E-state index in [4.69, 9.17) is 29.0 Å². The van der Waals surface area contributed by atoms with Crippen molar-refractivity contribution < 1.29 is 0 Å². The predicted octanol–water partition coefficient (Wildman–Crippen LogP) is 2.20. The van der Waals surface area contributed by atoms with Gasteiger partial charge >= 0.3 is 0 Å². The lowest BCUT2D eigenvalue weighted by Crippen LogP contribution is -2.52. The summed E-state index contributed by atoms with van der Waals surface area (Å²) in [5.74, 6) is 6.59. The van der Waals surface area contributed by atoms with Crippen LogP contribution in [0.5, 0.6) is 0 Å². The van der Waals surface area contributed by atoms with Gasteiger partial charge in [-0.1, -0.05) is 30.1 Å². The van der Waals surface area contributed by atoms with Gasteiger partial charge in [-0.05, 0) is 19.5 Å². The van der Waals surface area contributed by atoms with Crippen LogP contribution in [0, 0.1) is 0 Å². The van der Waals surface area contributed by atoms with E-state index in [-0.39, 0.29) is 0 Å². The summed E-state index contributed by atoms with van der Waals surface area (Å²) in [6.45, 7) is 8.25. The first-order chi connectivity index (χ1) is 9.06. The minimum absolute atomic E-state index is 0.427. The van der Waals surface area contributed by atoms with Crippen LogP contribution in [-0.2, 0) is 0 Å². The molecular weight excluding hydrogens is 285 g/mol. The number of hydrogen-bond donors (Lipinski definition) is 2. The number of hydrogen-bond acceptors (Lipinski definition) is 5. The Labute approximate surface area is 123 Å². The van der Waals surface area contributed by atoms with Crippen LogP contribution in [0.4, 0.5) is 11.6 Å². The van der Waals surface area contributed by atoms with E-state index in [1.165, 1.54) is 0 Å². The molecule has 1 fully saturated rings. The Morgan fingerprint density at radius 1 is 1.42 bits per heavy atom. The van der Waals surface area contributed by atoms with Gasteiger partial charge in [0.2, 0.25) is 0 Å². The Morgan fingerprint density at radius 2 is 2.16 bits per heavy atom. The molecule has 0 saturated carbocycles. The molecule has 1 aromatic rings. The predicted molar refractivity (Wildman–Crippen MR) is 81.0 cm³/mol. The molecule has 2 heterocycles. The van der Waals surface area contributed by atoms with Crippen LogP contribution in [-0.4, -0.2) is 42.1 Å². The molecule has 1 saturated heterocycles. The summed E-state index contributed by atoms with van der Waals surface area (Å²) in [6, 6.07) is 2.15. The minimum Gasteiger partial charge on any atom is -0.352 e. The zero-order chi connectivity index (χ0) is 14.0. The second kappa shape index (κ2) is 6.13. The zero-order valence-corrected chi connectivity index (χ0v) is 12.7. The fourth-order valence-corrected chi connectivity index (χ4v) is 2.97. The number of aromatic nitrogens is 1. The highest BCUT2D eigenvalue weighted by Crippen LogP contribution is 2.32. The number of nitrogens with one attached hydrogen (secondary N) is 1. The molecule has 0 aliphatic carbocycles. The molecule has 1 aliphatic heterocycles. The van der Waals surface area contributed by atoms with Gasteiger partial charge in [0.1, 0.15) is 5.82 Å². The van der Waals surface area contributed by atoms with Crippen molar-refractivity contribution in [2.24, 2.45) is 5.84 Å². The topological polar surface area (TPSA) is 57.4 Å². The SMILES string of the molecule is CCN1CCN(c2nc(NN)c(Cl)cc2Cl)CC1C. The maximum absolute atomic E-state index is 6.24. The zero-order valence-electron chi connectivity index (χ0n) is 11.2. The third-order valence-electron chi connectivity index (χ3n) is 3.52. The molecule has 0 amide bonds. The van der Waals surface area contributed by atoms with Crippen LogP contribution >= 0.6 is 23.2 Å². The standard InChI is InChI=1S/C12H19Cl2N5/c1-3-18-4-5-19(7-8(18)2)12-10(14)6-9(13)11(16-12)17-15/h6,8H,3-5,7,15H2,1-2H3,(H,16,17). The molecule has 106 valence electrons. The van der Waals surface area contributed by atoms with E-state index in [9.17, 15) is 0 Å². The van der Waals surface area contributed by atoms with Crippen molar-refractivity contribution in [1.29, 1.82) is 0 Å². The fourth-order valence-electron chi connectivity index (χ4n) is 2.44. The Kier molecular flexibility index (Phi) is 4.73. The number of piperazine rings is 1. The van der Waals surface area contributed by atoms with Gasteiger partial charge in [0, 0.05) is 25.7 Å². The van der Waals surface area contributed by atoms with Crippen molar-refractivity contribution >= 4 is 34.8 Å². The quantitative estimate of drug-likeness (QED) is 0.662. The molecule has 1 aromatic heterocycles. The lowest BCUT2D eigenvalue weighted by molar-refractivity contribution is 0.199. The molecule has 7 heteroatoms. The third-order valence-corrected chi connectivity index (χ3v) is 4.08. The lowest BCUT2D eigenvalue weighted by atomic mass is 10.2. The van der Waals surface area contributed by atoms with Crippen LogP contribution in [0.15, 0.2) is 6.07 Å². The van der Waals surface area contributed by atoms with E-state index in [2.05, 4.69) is 34.1 Å². The van der Waals surface area contributed by atoms with Crippen molar-refractivity contribution in [3.63, 3.8) is 0 Å². The molecule has 0 radical (unpaired) electrons. The fraction of sp³-hybridized carbons (Fsp3) is 0.583. The van der Waals surface area contributed by atoms with E-state index in [0.29, 0.717) is 21.9 Å². The van der Waals surface area contributed by atoms with Gasteiger partial charge in [0.05, 0.1) is 10.0 Å². The average Bonchev–Trinajstić information content (AvgIpc) is 2.39. The Bertz CT molecular complexity index is 454. The largest absolute Gasteiger partial charge is 0.352 e. The summed E-state index contributed by atoms with van der Waals surface area (Å²) in [6.07, 6.45) is 0. The number of nitrogens with two attached hydrogens (primary N) is 1. The van der Waals surface area contributed by atoms with Gasteiger partial charge in [-0.3, -0.25) is 4.90 Å². The molecule has 1 atom stereocenters. The van der Waals surface area contributed by atoms with E-state index >= 15 is 0 Å². The summed E-state index contributed by atoms with van der Waals surface area (Å²) in [5, 5.41) is 0.984. The normalized spacial score (nSPS) is 20.7. The molecule has 5 nitrogen and oxygen atoms in total. The van der Waals surface area contributed by atoms with Crippen molar-refractivity contribution in [3.8, 4) is 0 Å². The Morgan fingerprint density at radius 3 is 2.74 bits per heavy atom. The van der Waals surface area contributed by atoms with Gasteiger partial charge in [-0.25, -0.2) is 10.8 Å². The maximum atomic E-state index is 6.24. The van der Waals surface area contributed by atoms with E-state index in [1.54, 1.807) is 6.07 Å². The summed E-state index contributed by atoms with van der Waals surface area (Å²) < 4.78 is 0. The Balaban J connectivity index is 2.23. The first-order valence-electron chi connectivity index (χ1n) is 6.38. The number of halogens is 2. The molecule has 0 bridgehead atoms. The van der Waals surface area contributed by atoms with Gasteiger partial charge in [-0.15, -0.1) is 0 Å². The number of hydrazine groups is 1. The highest BCUT2D eigenvalue weighted by Gasteiger charge is 2.25. The smallest absolute Gasteiger partial charge is 0.161 e. The van der Waals surface area contributed by atoms with Crippen molar-refractivity contribution in [2.75, 3.05) is 36.5 Å². The number of likely N-dealkylation sites (N-methyl/N-ethyl adjacent to an activating group) is 1. The second-order valence-electron chi connectivity index (χ2n) is 4.69. The number of pyridine rings is 1. The van der Waals surface area contributed by atoms with Crippen LogP contribution in [0.1, 0.15) is 13.8 Å². The van der Waals surface area contributed by atoms with Crippen molar-refractivity contribution in [3.05, 3.63) is 16.1 Å². The van der Waals surface area contributed by atoms with Crippen LogP contribution in [0.2, 0.25) is 10.0 Å². The summed E-state index contributed by atoms with van der Waals surface area (Å²) in [5.41, 5.74) is 2.49. The number of nitrogen functional groups attached to an aromatic ring is 1. The van der Waals surface area contributed by atoms with E-state index in [1.807, 2.05) is 0 Å². The average molecular weight is 304 g/mol. The van der Waals surface area contributed by atoms with Crippen LogP contribution in [0.3, 0.4) is 0 Å². The number of rotatable bonds is 3. The van der Waals surface area contributed by atoms with Gasteiger partial charge in [-0.2, -0.15) is 0 Å². The minimum atomic E-state index is 0.427. The third kappa shape index (κ3) is 3.05. The summed E-state index contributed by atoms with van der Waals surface area (Å²) in [4.78, 5) is 9.02. The van der Waals surface area contributed by atoms with Crippen LogP contribution < -0.4 is 16.2 Å². The number of nitrogens with zero attached hydrogens (tertiary/aromatic N) is 3. The van der Waals surface area contributed by atoms with Gasteiger partial charge in [0.15, 0.2) is 5.82 Å². The highest BCUT2D eigenvalue weighted by atomic mass is 35.5. The molecule has 0 spiro atoms. The molecule has 2 rings (SSSR count). The summed E-state index contributed by atoms with van der Waals surface area (Å²) >= 11 is 12.2. The first kappa shape index (κ1) is 14.7. The van der Waals surface area contributed by atoms with Gasteiger partial charge < -0.3 is 10.3 Å². The molecule has 0 aromatic carbocycles. The van der Waals surface area contributed by atoms with Crippen molar-refractivity contribution in [1.82, 2.24) is 9.88 Å². The molecule has 1 unspecified atom stereocenters. The van der Waals surface area contributed by atoms with Crippen LogP contribution in [0.25, 0.3) is 0 Å². The monoisotopic (exact) mass is 303 g/mol. The maximum Gasteiger partial charge on any atom is 0.161 e. The molecular formula is C12H19Cl2N5. The molecule has 19 heavy (non-hydrogen) atoms. The lowest BCUT2D eigenvalue weighted by Gasteiger charge is -2.40. The van der Waals surface area contributed by atoms with Crippen molar-refractivity contribution in [2.45, 2.75) is 19.9 Å². The first-order valence-corrected chi connectivity index (χ1v) is 7.14.